The number of ether oxygens (including phenoxy) is 1. The smallest absolute Gasteiger partial charge is 0.171 e. The van der Waals surface area contributed by atoms with Gasteiger partial charge >= 0.3 is 0 Å². The minimum Gasteiger partial charge on any atom is -0.387 e. The summed E-state index contributed by atoms with van der Waals surface area (Å²) in [7, 11) is 0. The van der Waals surface area contributed by atoms with Crippen LogP contribution in [0, 0.1) is 47.3 Å². The molecule has 34 heavy (non-hydrogen) atoms. The molecule has 0 bridgehead atoms. The number of carbonyl (C=O) groups is 1. The van der Waals surface area contributed by atoms with Crippen molar-refractivity contribution in [2.24, 2.45) is 40.4 Å². The Kier molecular flexibility index (Phi) is 6.41. The summed E-state index contributed by atoms with van der Waals surface area (Å²) in [6, 6.07) is 0. The van der Waals surface area contributed by atoms with Gasteiger partial charge < -0.3 is 9.84 Å². The molecule has 0 aromatic carbocycles. The van der Waals surface area contributed by atoms with E-state index in [1.165, 1.54) is 36.9 Å². The van der Waals surface area contributed by atoms with Crippen LogP contribution in [0.25, 0.3) is 0 Å². The van der Waals surface area contributed by atoms with Gasteiger partial charge in [0.1, 0.15) is 6.54 Å². The molecule has 5 rings (SSSR count). The largest absolute Gasteiger partial charge is 0.387 e. The predicted molar refractivity (Wildman–Crippen MR) is 129 cm³/mol. The third-order valence-electron chi connectivity index (χ3n) is 11.0. The van der Waals surface area contributed by atoms with E-state index in [-0.39, 0.29) is 17.9 Å². The van der Waals surface area contributed by atoms with E-state index in [4.69, 9.17) is 4.74 Å². The summed E-state index contributed by atoms with van der Waals surface area (Å²) in [5.74, 6) is 3.71. The van der Waals surface area contributed by atoms with Gasteiger partial charge in [-0.3, -0.25) is 4.79 Å². The number of fused-ring (bicyclic) bond motifs is 5. The van der Waals surface area contributed by atoms with Crippen LogP contribution in [0.4, 0.5) is 0 Å². The second-order valence-electron chi connectivity index (χ2n) is 12.3. The highest BCUT2D eigenvalue weighted by atomic mass is 16.5. The molecule has 0 saturated heterocycles. The molecule has 7 heteroatoms. The minimum absolute atomic E-state index is 0.0972. The molecule has 1 heterocycles. The number of aryl methyl sites for hydroxylation is 1. The highest BCUT2D eigenvalue weighted by molar-refractivity contribution is 5.81. The van der Waals surface area contributed by atoms with Gasteiger partial charge in [0.25, 0.3) is 0 Å². The maximum Gasteiger partial charge on any atom is 0.171 e. The summed E-state index contributed by atoms with van der Waals surface area (Å²) in [4.78, 5) is 14.9. The van der Waals surface area contributed by atoms with Gasteiger partial charge in [-0.15, -0.1) is 10.2 Å². The fourth-order valence-corrected chi connectivity index (χ4v) is 9.43. The van der Waals surface area contributed by atoms with Gasteiger partial charge in [-0.2, -0.15) is 4.80 Å². The normalized spacial score (nSPS) is 43.7. The van der Waals surface area contributed by atoms with E-state index < -0.39 is 5.60 Å². The van der Waals surface area contributed by atoms with Crippen molar-refractivity contribution >= 4 is 5.78 Å². The number of rotatable bonds is 7. The number of aromatic nitrogens is 4. The van der Waals surface area contributed by atoms with Gasteiger partial charge in [-0.05, 0) is 118 Å². The molecule has 1 aromatic rings. The van der Waals surface area contributed by atoms with Crippen molar-refractivity contribution in [2.45, 2.75) is 104 Å². The van der Waals surface area contributed by atoms with Gasteiger partial charge in [0.05, 0.1) is 12.2 Å². The summed E-state index contributed by atoms with van der Waals surface area (Å²) < 4.78 is 5.68. The zero-order valence-corrected chi connectivity index (χ0v) is 21.6. The molecule has 0 amide bonds. The van der Waals surface area contributed by atoms with Gasteiger partial charge in [0.15, 0.2) is 11.6 Å². The van der Waals surface area contributed by atoms with E-state index in [1.807, 2.05) is 13.8 Å². The Hall–Kier alpha value is -1.34. The Balaban J connectivity index is 1.33. The summed E-state index contributed by atoms with van der Waals surface area (Å²) >= 11 is 0. The molecule has 7 nitrogen and oxygen atoms in total. The maximum absolute atomic E-state index is 13.4. The minimum atomic E-state index is -0.645. The molecule has 1 aromatic heterocycles. The standard InChI is InChI=1S/C27H44N4O3/c1-5-27-14-13-26(33,17-34-6-2)15-19(27)7-8-20-21-9-10-23(25(21,4)12-11-22(20)27)24(32)16-31-29-18(3)28-30-31/h19-23,33H,5-17H2,1-4H3/t19-,20-,21-,22-,23+,25-,26+,27-/m0/s1. The van der Waals surface area contributed by atoms with Crippen LogP contribution in [-0.2, 0) is 16.1 Å². The lowest BCUT2D eigenvalue weighted by atomic mass is 9.42. The van der Waals surface area contributed by atoms with Crippen LogP contribution in [0.1, 0.15) is 90.8 Å². The Morgan fingerprint density at radius 1 is 1.12 bits per heavy atom. The van der Waals surface area contributed by atoms with Crippen LogP contribution in [0.3, 0.4) is 0 Å². The van der Waals surface area contributed by atoms with Crippen molar-refractivity contribution in [3.8, 4) is 0 Å². The van der Waals surface area contributed by atoms with E-state index in [2.05, 4.69) is 29.3 Å². The van der Waals surface area contributed by atoms with E-state index in [9.17, 15) is 9.90 Å². The van der Waals surface area contributed by atoms with Gasteiger partial charge in [-0.25, -0.2) is 0 Å². The van der Waals surface area contributed by atoms with Crippen LogP contribution < -0.4 is 0 Å². The first-order valence-corrected chi connectivity index (χ1v) is 13.8. The second-order valence-corrected chi connectivity index (χ2v) is 12.3. The zero-order chi connectivity index (χ0) is 24.1. The molecule has 8 atom stereocenters. The molecule has 190 valence electrons. The van der Waals surface area contributed by atoms with Crippen molar-refractivity contribution in [2.75, 3.05) is 13.2 Å². The third-order valence-corrected chi connectivity index (χ3v) is 11.0. The monoisotopic (exact) mass is 472 g/mol. The number of aliphatic hydroxyl groups is 1. The Labute approximate surface area is 204 Å². The van der Waals surface area contributed by atoms with Crippen LogP contribution in [0.2, 0.25) is 0 Å². The number of nitrogens with zero attached hydrogens (tertiary/aromatic N) is 4. The summed E-state index contributed by atoms with van der Waals surface area (Å²) in [6.07, 6.45) is 11.2. The second kappa shape index (κ2) is 8.95. The lowest BCUT2D eigenvalue weighted by Crippen LogP contribution is -2.57. The Bertz CT molecular complexity index is 904. The highest BCUT2D eigenvalue weighted by Crippen LogP contribution is 2.69. The van der Waals surface area contributed by atoms with Crippen molar-refractivity contribution < 1.29 is 14.6 Å². The molecule has 4 fully saturated rings. The molecule has 4 aliphatic carbocycles. The molecule has 1 N–H and O–H groups in total. The van der Waals surface area contributed by atoms with E-state index in [0.29, 0.717) is 42.1 Å². The first-order chi connectivity index (χ1) is 16.2. The molecule has 4 saturated carbocycles. The fraction of sp³-hybridized carbons (Fsp3) is 0.926. The Morgan fingerprint density at radius 3 is 2.65 bits per heavy atom. The van der Waals surface area contributed by atoms with E-state index in [0.717, 1.165) is 43.9 Å². The number of ketones is 1. The summed E-state index contributed by atoms with van der Waals surface area (Å²) in [5.41, 5.74) is -0.193. The van der Waals surface area contributed by atoms with Gasteiger partial charge in [0.2, 0.25) is 0 Å². The molecule has 4 aliphatic rings. The van der Waals surface area contributed by atoms with E-state index in [1.54, 1.807) is 0 Å². The summed E-state index contributed by atoms with van der Waals surface area (Å²) in [5, 5.41) is 23.5. The topological polar surface area (TPSA) is 90.1 Å². The first-order valence-electron chi connectivity index (χ1n) is 13.8. The van der Waals surface area contributed by atoms with Crippen LogP contribution in [-0.4, -0.2) is 49.9 Å². The van der Waals surface area contributed by atoms with Crippen molar-refractivity contribution in [1.29, 1.82) is 0 Å². The number of Topliss-reactive ketones (excluding diaryl/α,β-unsaturated/α-hetero) is 1. The molecule has 0 radical (unpaired) electrons. The Morgan fingerprint density at radius 2 is 1.94 bits per heavy atom. The molecule has 0 aliphatic heterocycles. The third kappa shape index (κ3) is 3.85. The number of carbonyl (C=O) groups excluding carboxylic acids is 1. The highest BCUT2D eigenvalue weighted by Gasteiger charge is 2.62. The molecule has 0 unspecified atom stereocenters. The average Bonchev–Trinajstić information content (AvgIpc) is 3.39. The van der Waals surface area contributed by atoms with Crippen molar-refractivity contribution in [3.63, 3.8) is 0 Å². The molecular weight excluding hydrogens is 428 g/mol. The van der Waals surface area contributed by atoms with E-state index >= 15 is 0 Å². The van der Waals surface area contributed by atoms with Crippen LogP contribution >= 0.6 is 0 Å². The average molecular weight is 473 g/mol. The lowest BCUT2D eigenvalue weighted by Gasteiger charge is -2.63. The molecular formula is C27H44N4O3. The number of tetrazole rings is 1. The number of hydrogen-bond donors (Lipinski definition) is 1. The van der Waals surface area contributed by atoms with Crippen molar-refractivity contribution in [3.05, 3.63) is 5.82 Å². The van der Waals surface area contributed by atoms with Crippen LogP contribution in [0.15, 0.2) is 0 Å². The quantitative estimate of drug-likeness (QED) is 0.634. The van der Waals surface area contributed by atoms with Gasteiger partial charge in [0, 0.05) is 12.5 Å². The van der Waals surface area contributed by atoms with Crippen molar-refractivity contribution in [1.82, 2.24) is 20.2 Å². The molecule has 0 spiro atoms. The number of hydrogen-bond acceptors (Lipinski definition) is 6. The SMILES string of the molecule is CCOC[C@@]1(O)CC[C@@]2(CC)[C@@H](CC[C@H]3[C@@H]4CC[C@H](C(=O)Cn5nnc(C)n5)[C@@]4(C)CC[C@@H]32)C1. The fourth-order valence-electron chi connectivity index (χ4n) is 9.43. The maximum atomic E-state index is 13.4. The first kappa shape index (κ1) is 24.4. The zero-order valence-electron chi connectivity index (χ0n) is 21.6. The predicted octanol–water partition coefficient (Wildman–Crippen LogP) is 4.37. The van der Waals surface area contributed by atoms with Gasteiger partial charge in [-0.1, -0.05) is 13.8 Å². The van der Waals surface area contributed by atoms with Crippen LogP contribution in [0.5, 0.6) is 0 Å². The summed E-state index contributed by atoms with van der Waals surface area (Å²) in [6.45, 7) is 10.0. The lowest BCUT2D eigenvalue weighted by molar-refractivity contribution is -0.173.